The van der Waals surface area contributed by atoms with Crippen molar-refractivity contribution in [1.29, 1.82) is 0 Å². The van der Waals surface area contributed by atoms with Gasteiger partial charge in [0.05, 0.1) is 32.7 Å². The number of rotatable bonds is 11. The Bertz CT molecular complexity index is 306. The predicted molar refractivity (Wildman–Crippen MR) is 72.9 cm³/mol. The van der Waals surface area contributed by atoms with Gasteiger partial charge >= 0.3 is 0 Å². The Kier molecular flexibility index (Phi) is 8.43. The molecule has 0 bridgehead atoms. The quantitative estimate of drug-likeness (QED) is 0.382. The fraction of sp³-hybridized carbons (Fsp3) is 0.692. The minimum atomic E-state index is -0.344. The van der Waals surface area contributed by atoms with E-state index in [1.807, 2.05) is 9.80 Å². The molecule has 1 rings (SSSR count). The summed E-state index contributed by atoms with van der Waals surface area (Å²) in [7, 11) is 0. The van der Waals surface area contributed by atoms with E-state index in [-0.39, 0.29) is 32.6 Å². The molecule has 0 aromatic carbocycles. The third kappa shape index (κ3) is 4.86. The summed E-state index contributed by atoms with van der Waals surface area (Å²) in [5.74, 6) is 0.647. The van der Waals surface area contributed by atoms with Crippen molar-refractivity contribution in [3.63, 3.8) is 0 Å². The summed E-state index contributed by atoms with van der Waals surface area (Å²) in [5.41, 5.74) is 0. The molecule has 0 spiro atoms. The lowest BCUT2D eigenvalue weighted by Gasteiger charge is -2.37. The lowest BCUT2D eigenvalue weighted by Crippen LogP contribution is -2.46. The fourth-order valence-electron chi connectivity index (χ4n) is 2.26. The van der Waals surface area contributed by atoms with Crippen molar-refractivity contribution < 1.29 is 24.8 Å². The molecule has 7 nitrogen and oxygen atoms in total. The van der Waals surface area contributed by atoms with Gasteiger partial charge in [0.1, 0.15) is 11.9 Å². The number of hydrogen-bond acceptors (Lipinski definition) is 7. The average Bonchev–Trinajstić information content (AvgIpc) is 2.94. The Balaban J connectivity index is 2.97. The Morgan fingerprint density at radius 2 is 1.30 bits per heavy atom. The van der Waals surface area contributed by atoms with Crippen LogP contribution in [0.2, 0.25) is 0 Å². The van der Waals surface area contributed by atoms with Crippen LogP contribution in [0.5, 0.6) is 0 Å². The van der Waals surface area contributed by atoms with Gasteiger partial charge in [-0.05, 0) is 12.1 Å². The lowest BCUT2D eigenvalue weighted by molar-refractivity contribution is -0.00888. The second-order valence-corrected chi connectivity index (χ2v) is 4.36. The lowest BCUT2D eigenvalue weighted by atomic mass is 10.2. The molecule has 1 aromatic heterocycles. The molecule has 4 N–H and O–H groups in total. The molecule has 0 radical (unpaired) electrons. The van der Waals surface area contributed by atoms with Gasteiger partial charge in [-0.1, -0.05) is 0 Å². The van der Waals surface area contributed by atoms with E-state index in [1.165, 1.54) is 0 Å². The summed E-state index contributed by atoms with van der Waals surface area (Å²) < 4.78 is 5.43. The number of aliphatic hydroxyl groups is 4. The monoisotopic (exact) mass is 288 g/mol. The number of nitrogens with zero attached hydrogens (tertiary/aromatic N) is 2. The third-order valence-electron chi connectivity index (χ3n) is 3.04. The topological polar surface area (TPSA) is 101 Å². The molecule has 0 amide bonds. The zero-order chi connectivity index (χ0) is 14.8. The van der Waals surface area contributed by atoms with Gasteiger partial charge in [-0.25, -0.2) is 0 Å². The maximum atomic E-state index is 9.18. The minimum absolute atomic E-state index is 0.0523. The molecule has 116 valence electrons. The van der Waals surface area contributed by atoms with Crippen LogP contribution in [0, 0.1) is 0 Å². The summed E-state index contributed by atoms with van der Waals surface area (Å²) in [5, 5.41) is 36.7. The largest absolute Gasteiger partial charge is 0.466 e. The van der Waals surface area contributed by atoms with E-state index in [2.05, 4.69) is 0 Å². The summed E-state index contributed by atoms with van der Waals surface area (Å²) in [6, 6.07) is 3.56. The molecule has 7 heteroatoms. The summed E-state index contributed by atoms with van der Waals surface area (Å²) in [6.07, 6.45) is 1.21. The van der Waals surface area contributed by atoms with Gasteiger partial charge in [-0.15, -0.1) is 0 Å². The Morgan fingerprint density at radius 3 is 1.60 bits per heavy atom. The second-order valence-electron chi connectivity index (χ2n) is 4.36. The summed E-state index contributed by atoms with van der Waals surface area (Å²) in [6.45, 7) is 1.23. The molecular weight excluding hydrogens is 264 g/mol. The van der Waals surface area contributed by atoms with Gasteiger partial charge in [-0.2, -0.15) is 0 Å². The van der Waals surface area contributed by atoms with Crippen LogP contribution in [0.4, 0.5) is 0 Å². The Labute approximate surface area is 118 Å². The van der Waals surface area contributed by atoms with Crippen LogP contribution in [0.25, 0.3) is 0 Å². The highest BCUT2D eigenvalue weighted by Crippen LogP contribution is 2.24. The van der Waals surface area contributed by atoms with Crippen LogP contribution in [0.15, 0.2) is 22.8 Å². The zero-order valence-electron chi connectivity index (χ0n) is 11.6. The van der Waals surface area contributed by atoms with Crippen LogP contribution in [0.1, 0.15) is 11.9 Å². The number of aliphatic hydroxyl groups excluding tert-OH is 4. The van der Waals surface area contributed by atoms with Crippen LogP contribution >= 0.6 is 0 Å². The van der Waals surface area contributed by atoms with E-state index in [9.17, 15) is 20.4 Å². The van der Waals surface area contributed by atoms with Crippen molar-refractivity contribution >= 4 is 0 Å². The van der Waals surface area contributed by atoms with Crippen LogP contribution in [-0.4, -0.2) is 82.8 Å². The van der Waals surface area contributed by atoms with Crippen molar-refractivity contribution in [2.45, 2.75) is 6.17 Å². The highest BCUT2D eigenvalue weighted by molar-refractivity contribution is 5.04. The SMILES string of the molecule is OCCN(CCO)C(c1ccco1)N(CCO)CCO. The van der Waals surface area contributed by atoms with Crippen molar-refractivity contribution in [3.8, 4) is 0 Å². The molecular formula is C13H24N2O5. The molecule has 1 aromatic rings. The molecule has 0 aliphatic heterocycles. The Hall–Kier alpha value is -0.960. The van der Waals surface area contributed by atoms with Crippen molar-refractivity contribution in [3.05, 3.63) is 24.2 Å². The molecule has 0 saturated heterocycles. The maximum Gasteiger partial charge on any atom is 0.135 e. The highest BCUT2D eigenvalue weighted by atomic mass is 16.3. The first-order valence-corrected chi connectivity index (χ1v) is 6.73. The fourth-order valence-corrected chi connectivity index (χ4v) is 2.26. The van der Waals surface area contributed by atoms with Gasteiger partial charge < -0.3 is 24.8 Å². The highest BCUT2D eigenvalue weighted by Gasteiger charge is 2.28. The molecule has 20 heavy (non-hydrogen) atoms. The zero-order valence-corrected chi connectivity index (χ0v) is 11.6. The van der Waals surface area contributed by atoms with Gasteiger partial charge in [-0.3, -0.25) is 9.80 Å². The van der Waals surface area contributed by atoms with Crippen LogP contribution in [-0.2, 0) is 0 Å². The van der Waals surface area contributed by atoms with Crippen LogP contribution in [0.3, 0.4) is 0 Å². The van der Waals surface area contributed by atoms with Gasteiger partial charge in [0.15, 0.2) is 0 Å². The van der Waals surface area contributed by atoms with Gasteiger partial charge in [0, 0.05) is 26.2 Å². The Morgan fingerprint density at radius 1 is 0.850 bits per heavy atom. The van der Waals surface area contributed by atoms with Crippen molar-refractivity contribution in [2.75, 3.05) is 52.6 Å². The average molecular weight is 288 g/mol. The molecule has 0 aliphatic carbocycles. The molecule has 0 atom stereocenters. The first kappa shape index (κ1) is 17.1. The van der Waals surface area contributed by atoms with E-state index in [0.29, 0.717) is 31.9 Å². The van der Waals surface area contributed by atoms with E-state index in [4.69, 9.17) is 4.42 Å². The molecule has 0 unspecified atom stereocenters. The van der Waals surface area contributed by atoms with Crippen molar-refractivity contribution in [1.82, 2.24) is 9.80 Å². The van der Waals surface area contributed by atoms with E-state index in [0.717, 1.165) is 0 Å². The normalized spacial score (nSPS) is 11.9. The van der Waals surface area contributed by atoms with Gasteiger partial charge in [0.2, 0.25) is 0 Å². The van der Waals surface area contributed by atoms with E-state index < -0.39 is 0 Å². The first-order chi connectivity index (χ1) is 9.78. The molecule has 0 saturated carbocycles. The second kappa shape index (κ2) is 9.87. The van der Waals surface area contributed by atoms with E-state index in [1.54, 1.807) is 18.4 Å². The third-order valence-corrected chi connectivity index (χ3v) is 3.04. The number of furan rings is 1. The molecule has 0 fully saturated rings. The summed E-state index contributed by atoms with van der Waals surface area (Å²) >= 11 is 0. The van der Waals surface area contributed by atoms with Gasteiger partial charge in [0.25, 0.3) is 0 Å². The minimum Gasteiger partial charge on any atom is -0.466 e. The standard InChI is InChI=1S/C13H24N2O5/c16-7-3-14(4-8-17)13(12-2-1-11-20-12)15(5-9-18)6-10-19/h1-2,11,13,16-19H,3-10H2. The molecule has 0 aliphatic rings. The maximum absolute atomic E-state index is 9.18. The number of hydrogen-bond donors (Lipinski definition) is 4. The predicted octanol–water partition coefficient (Wildman–Crippen LogP) is -1.15. The molecule has 1 heterocycles. The van der Waals surface area contributed by atoms with Crippen LogP contribution < -0.4 is 0 Å². The smallest absolute Gasteiger partial charge is 0.135 e. The van der Waals surface area contributed by atoms with Crippen molar-refractivity contribution in [2.24, 2.45) is 0 Å². The van der Waals surface area contributed by atoms with E-state index >= 15 is 0 Å². The first-order valence-electron chi connectivity index (χ1n) is 6.73. The summed E-state index contributed by atoms with van der Waals surface area (Å²) in [4.78, 5) is 3.70.